The van der Waals surface area contributed by atoms with Crippen LogP contribution in [0.4, 0.5) is 0 Å². The second-order valence-electron chi connectivity index (χ2n) is 4.88. The molecule has 0 aromatic carbocycles. The highest BCUT2D eigenvalue weighted by Crippen LogP contribution is 2.19. The molecule has 84 valence electrons. The molecule has 0 saturated carbocycles. The largest absolute Gasteiger partial charge is 0.462 e. The summed E-state index contributed by atoms with van der Waals surface area (Å²) in [4.78, 5) is 11.5. The van der Waals surface area contributed by atoms with Crippen molar-refractivity contribution >= 4 is 5.97 Å². The summed E-state index contributed by atoms with van der Waals surface area (Å²) >= 11 is 0. The topological polar surface area (TPSA) is 52.3 Å². The van der Waals surface area contributed by atoms with Crippen molar-refractivity contribution in [2.24, 2.45) is 11.1 Å². The van der Waals surface area contributed by atoms with Crippen LogP contribution in [0.15, 0.2) is 0 Å². The van der Waals surface area contributed by atoms with E-state index < -0.39 is 6.04 Å². The summed E-state index contributed by atoms with van der Waals surface area (Å²) in [6.07, 6.45) is 1.88. The monoisotopic (exact) mass is 201 g/mol. The molecule has 0 rings (SSSR count). The Morgan fingerprint density at radius 3 is 2.29 bits per heavy atom. The molecular formula is C11H23NO2. The fourth-order valence-electron chi connectivity index (χ4n) is 1.09. The summed E-state index contributed by atoms with van der Waals surface area (Å²) in [6.45, 7) is 9.76. The van der Waals surface area contributed by atoms with Crippen molar-refractivity contribution in [3.05, 3.63) is 0 Å². The van der Waals surface area contributed by atoms with Gasteiger partial charge in [0.25, 0.3) is 0 Å². The van der Waals surface area contributed by atoms with Crippen molar-refractivity contribution in [2.75, 3.05) is 0 Å². The quantitative estimate of drug-likeness (QED) is 0.709. The molecule has 0 bridgehead atoms. The van der Waals surface area contributed by atoms with E-state index in [2.05, 4.69) is 6.92 Å². The number of nitrogens with two attached hydrogens (primary N) is 1. The maximum absolute atomic E-state index is 11.5. The van der Waals surface area contributed by atoms with Crippen LogP contribution >= 0.6 is 0 Å². The average molecular weight is 201 g/mol. The van der Waals surface area contributed by atoms with Crippen LogP contribution in [-0.4, -0.2) is 18.1 Å². The standard InChI is InChI=1S/C11H23NO2/c1-6-7-8(2)14-10(13)9(12)11(3,4)5/h8-9H,6-7,12H2,1-5H3/t8?,9-/m1/s1. The summed E-state index contributed by atoms with van der Waals surface area (Å²) in [5, 5.41) is 0. The third-order valence-electron chi connectivity index (χ3n) is 2.20. The number of carbonyl (C=O) groups is 1. The van der Waals surface area contributed by atoms with E-state index in [-0.39, 0.29) is 17.5 Å². The fourth-order valence-corrected chi connectivity index (χ4v) is 1.09. The summed E-state index contributed by atoms with van der Waals surface area (Å²) < 4.78 is 5.22. The van der Waals surface area contributed by atoms with Gasteiger partial charge < -0.3 is 10.5 Å². The van der Waals surface area contributed by atoms with Gasteiger partial charge in [0.2, 0.25) is 0 Å². The van der Waals surface area contributed by atoms with Gasteiger partial charge in [-0.2, -0.15) is 0 Å². The van der Waals surface area contributed by atoms with E-state index in [1.165, 1.54) is 0 Å². The zero-order chi connectivity index (χ0) is 11.4. The van der Waals surface area contributed by atoms with Gasteiger partial charge in [-0.1, -0.05) is 34.1 Å². The third kappa shape index (κ3) is 4.61. The van der Waals surface area contributed by atoms with Gasteiger partial charge in [-0.15, -0.1) is 0 Å². The van der Waals surface area contributed by atoms with Gasteiger partial charge in [-0.3, -0.25) is 4.79 Å². The van der Waals surface area contributed by atoms with Crippen LogP contribution in [-0.2, 0) is 9.53 Å². The number of carbonyl (C=O) groups excluding carboxylic acids is 1. The minimum Gasteiger partial charge on any atom is -0.462 e. The molecule has 0 saturated heterocycles. The van der Waals surface area contributed by atoms with Crippen molar-refractivity contribution in [3.63, 3.8) is 0 Å². The zero-order valence-corrected chi connectivity index (χ0v) is 9.96. The van der Waals surface area contributed by atoms with E-state index in [1.54, 1.807) is 0 Å². The molecule has 0 amide bonds. The Kier molecular flexibility index (Phi) is 5.13. The lowest BCUT2D eigenvalue weighted by Gasteiger charge is -2.26. The Hall–Kier alpha value is -0.570. The Morgan fingerprint density at radius 1 is 1.43 bits per heavy atom. The van der Waals surface area contributed by atoms with Crippen molar-refractivity contribution in [1.29, 1.82) is 0 Å². The number of esters is 1. The molecule has 0 aliphatic rings. The summed E-state index contributed by atoms with van der Waals surface area (Å²) in [6, 6.07) is -0.540. The first-order valence-electron chi connectivity index (χ1n) is 5.25. The Balaban J connectivity index is 4.08. The first-order valence-corrected chi connectivity index (χ1v) is 5.25. The average Bonchev–Trinajstić information content (AvgIpc) is 2.01. The molecule has 2 atom stereocenters. The Labute approximate surface area is 87.0 Å². The highest BCUT2D eigenvalue weighted by atomic mass is 16.5. The molecule has 3 heteroatoms. The molecule has 0 aliphatic carbocycles. The molecule has 2 N–H and O–H groups in total. The predicted octanol–water partition coefficient (Wildman–Crippen LogP) is 2.09. The lowest BCUT2D eigenvalue weighted by molar-refractivity contribution is -0.152. The second kappa shape index (κ2) is 5.35. The van der Waals surface area contributed by atoms with E-state index in [4.69, 9.17) is 10.5 Å². The molecule has 0 aromatic heterocycles. The van der Waals surface area contributed by atoms with Crippen molar-refractivity contribution < 1.29 is 9.53 Å². The predicted molar refractivity (Wildman–Crippen MR) is 57.9 cm³/mol. The Bertz CT molecular complexity index is 184. The minimum atomic E-state index is -0.540. The van der Waals surface area contributed by atoms with E-state index >= 15 is 0 Å². The maximum Gasteiger partial charge on any atom is 0.323 e. The molecule has 0 heterocycles. The molecule has 0 radical (unpaired) electrons. The van der Waals surface area contributed by atoms with Gasteiger partial charge in [0.05, 0.1) is 6.10 Å². The van der Waals surface area contributed by atoms with E-state index in [9.17, 15) is 4.79 Å². The molecule has 14 heavy (non-hydrogen) atoms. The Morgan fingerprint density at radius 2 is 1.93 bits per heavy atom. The summed E-state index contributed by atoms with van der Waals surface area (Å²) in [7, 11) is 0. The van der Waals surface area contributed by atoms with Crippen molar-refractivity contribution in [1.82, 2.24) is 0 Å². The molecule has 1 unspecified atom stereocenters. The highest BCUT2D eigenvalue weighted by molar-refractivity contribution is 5.76. The number of hydrogen-bond donors (Lipinski definition) is 1. The summed E-state index contributed by atoms with van der Waals surface area (Å²) in [5.74, 6) is -0.293. The van der Waals surface area contributed by atoms with E-state index in [0.29, 0.717) is 0 Å². The molecular weight excluding hydrogens is 178 g/mol. The number of rotatable bonds is 4. The molecule has 0 aromatic rings. The van der Waals surface area contributed by atoms with E-state index in [0.717, 1.165) is 12.8 Å². The first kappa shape index (κ1) is 13.4. The fraction of sp³-hybridized carbons (Fsp3) is 0.909. The molecule has 0 aliphatic heterocycles. The molecule has 0 fully saturated rings. The van der Waals surface area contributed by atoms with Crippen LogP contribution in [0.1, 0.15) is 47.5 Å². The van der Waals surface area contributed by atoms with Crippen LogP contribution in [0, 0.1) is 5.41 Å². The van der Waals surface area contributed by atoms with Crippen molar-refractivity contribution in [2.45, 2.75) is 59.6 Å². The SMILES string of the molecule is CCCC(C)OC(=O)[C@@H](N)C(C)(C)C. The lowest BCUT2D eigenvalue weighted by Crippen LogP contribution is -2.44. The molecule has 3 nitrogen and oxygen atoms in total. The first-order chi connectivity index (χ1) is 6.29. The lowest BCUT2D eigenvalue weighted by atomic mass is 9.87. The van der Waals surface area contributed by atoms with Gasteiger partial charge in [-0.25, -0.2) is 0 Å². The van der Waals surface area contributed by atoms with Gasteiger partial charge in [-0.05, 0) is 18.8 Å². The third-order valence-corrected chi connectivity index (χ3v) is 2.20. The van der Waals surface area contributed by atoms with Crippen LogP contribution in [0.3, 0.4) is 0 Å². The van der Waals surface area contributed by atoms with Gasteiger partial charge in [0, 0.05) is 0 Å². The minimum absolute atomic E-state index is 0.0269. The molecule has 0 spiro atoms. The summed E-state index contributed by atoms with van der Waals surface area (Å²) in [5.41, 5.74) is 5.53. The number of ether oxygens (including phenoxy) is 1. The van der Waals surface area contributed by atoms with Crippen LogP contribution in [0.2, 0.25) is 0 Å². The van der Waals surface area contributed by atoms with Crippen LogP contribution in [0.5, 0.6) is 0 Å². The highest BCUT2D eigenvalue weighted by Gasteiger charge is 2.29. The van der Waals surface area contributed by atoms with Crippen molar-refractivity contribution in [3.8, 4) is 0 Å². The van der Waals surface area contributed by atoms with Gasteiger partial charge >= 0.3 is 5.97 Å². The van der Waals surface area contributed by atoms with Gasteiger partial charge in [0.1, 0.15) is 6.04 Å². The van der Waals surface area contributed by atoms with E-state index in [1.807, 2.05) is 27.7 Å². The normalized spacial score (nSPS) is 16.1. The smallest absolute Gasteiger partial charge is 0.323 e. The maximum atomic E-state index is 11.5. The number of hydrogen-bond acceptors (Lipinski definition) is 3. The zero-order valence-electron chi connectivity index (χ0n) is 9.96. The second-order valence-corrected chi connectivity index (χ2v) is 4.88. The van der Waals surface area contributed by atoms with Gasteiger partial charge in [0.15, 0.2) is 0 Å². The van der Waals surface area contributed by atoms with Crippen LogP contribution in [0.25, 0.3) is 0 Å². The van der Waals surface area contributed by atoms with Crippen LogP contribution < -0.4 is 5.73 Å².